The lowest BCUT2D eigenvalue weighted by molar-refractivity contribution is -0.00698. The molecule has 0 fully saturated rings. The average molecular weight is 201 g/mol. The molecule has 3 nitrogen and oxygen atoms in total. The molecule has 0 aliphatic carbocycles. The Morgan fingerprint density at radius 3 is 2.69 bits per heavy atom. The van der Waals surface area contributed by atoms with Crippen molar-refractivity contribution in [3.05, 3.63) is 21.2 Å². The van der Waals surface area contributed by atoms with E-state index in [4.69, 9.17) is 4.74 Å². The van der Waals surface area contributed by atoms with Gasteiger partial charge in [-0.05, 0) is 20.8 Å². The summed E-state index contributed by atoms with van der Waals surface area (Å²) in [5, 5.41) is 1.79. The molecule has 74 valence electrons. The lowest BCUT2D eigenvalue weighted by atomic mass is 10.2. The minimum Gasteiger partial charge on any atom is -0.374 e. The molecule has 0 N–H and O–H groups in total. The van der Waals surface area contributed by atoms with E-state index in [2.05, 4.69) is 0 Å². The van der Waals surface area contributed by atoms with Gasteiger partial charge >= 0.3 is 4.87 Å². The maximum absolute atomic E-state index is 11.1. The first-order valence-corrected chi connectivity index (χ1v) is 5.15. The summed E-state index contributed by atoms with van der Waals surface area (Å²) in [5.74, 6) is 0. The second kappa shape index (κ2) is 4.07. The Kier molecular flexibility index (Phi) is 3.27. The van der Waals surface area contributed by atoms with E-state index in [-0.39, 0.29) is 10.5 Å². The molecule has 0 atom stereocenters. The van der Waals surface area contributed by atoms with Crippen LogP contribution in [-0.2, 0) is 11.3 Å². The van der Waals surface area contributed by atoms with Crippen molar-refractivity contribution in [2.24, 2.45) is 0 Å². The van der Waals surface area contributed by atoms with Gasteiger partial charge in [-0.25, -0.2) is 0 Å². The van der Waals surface area contributed by atoms with Crippen LogP contribution < -0.4 is 4.87 Å². The minimum atomic E-state index is -0.125. The molecule has 1 rings (SSSR count). The van der Waals surface area contributed by atoms with E-state index >= 15 is 0 Å². The predicted molar refractivity (Wildman–Crippen MR) is 54.3 cm³/mol. The molecule has 0 bridgehead atoms. The fraction of sp³-hybridized carbons (Fsp3) is 0.667. The Morgan fingerprint density at radius 1 is 1.54 bits per heavy atom. The van der Waals surface area contributed by atoms with Crippen molar-refractivity contribution in [1.82, 2.24) is 4.57 Å². The first-order chi connectivity index (χ1) is 5.99. The lowest BCUT2D eigenvalue weighted by Gasteiger charge is -2.19. The Morgan fingerprint density at radius 2 is 2.23 bits per heavy atom. The van der Waals surface area contributed by atoms with Gasteiger partial charge in [-0.1, -0.05) is 11.3 Å². The predicted octanol–water partition coefficient (Wildman–Crippen LogP) is 1.72. The van der Waals surface area contributed by atoms with Crippen LogP contribution in [0.5, 0.6) is 0 Å². The largest absolute Gasteiger partial charge is 0.374 e. The fourth-order valence-electron chi connectivity index (χ4n) is 0.907. The van der Waals surface area contributed by atoms with Crippen molar-refractivity contribution in [3.8, 4) is 0 Å². The normalized spacial score (nSPS) is 11.9. The monoisotopic (exact) mass is 201 g/mol. The van der Waals surface area contributed by atoms with Gasteiger partial charge in [-0.2, -0.15) is 0 Å². The van der Waals surface area contributed by atoms with E-state index in [9.17, 15) is 4.79 Å². The molecular formula is C9H15NO2S. The highest BCUT2D eigenvalue weighted by Gasteiger charge is 2.09. The van der Waals surface area contributed by atoms with Crippen LogP contribution in [0, 0.1) is 0 Å². The fourth-order valence-corrected chi connectivity index (χ4v) is 1.52. The molecule has 0 spiro atoms. The molecule has 0 saturated heterocycles. The quantitative estimate of drug-likeness (QED) is 0.745. The van der Waals surface area contributed by atoms with Gasteiger partial charge in [-0.15, -0.1) is 0 Å². The van der Waals surface area contributed by atoms with E-state index < -0.39 is 0 Å². The van der Waals surface area contributed by atoms with Crippen LogP contribution in [0.4, 0.5) is 0 Å². The third-order valence-electron chi connectivity index (χ3n) is 1.51. The number of thiazole rings is 1. The number of aromatic nitrogens is 1. The highest BCUT2D eigenvalue weighted by Crippen LogP contribution is 2.06. The molecule has 1 aromatic heterocycles. The van der Waals surface area contributed by atoms with Gasteiger partial charge in [0, 0.05) is 18.1 Å². The van der Waals surface area contributed by atoms with Crippen LogP contribution >= 0.6 is 11.3 Å². The van der Waals surface area contributed by atoms with E-state index in [0.29, 0.717) is 13.2 Å². The molecule has 0 aromatic carbocycles. The molecule has 0 amide bonds. The lowest BCUT2D eigenvalue weighted by Crippen LogP contribution is -2.24. The Hall–Kier alpha value is -0.610. The molecule has 13 heavy (non-hydrogen) atoms. The maximum atomic E-state index is 11.1. The van der Waals surface area contributed by atoms with Crippen LogP contribution in [0.1, 0.15) is 20.8 Å². The van der Waals surface area contributed by atoms with Crippen LogP contribution in [0.3, 0.4) is 0 Å². The topological polar surface area (TPSA) is 31.2 Å². The highest BCUT2D eigenvalue weighted by molar-refractivity contribution is 7.07. The van der Waals surface area contributed by atoms with Crippen LogP contribution in [-0.4, -0.2) is 16.8 Å². The number of hydrogen-bond acceptors (Lipinski definition) is 3. The molecule has 0 aliphatic heterocycles. The molecule has 0 saturated carbocycles. The first-order valence-electron chi connectivity index (χ1n) is 4.27. The summed E-state index contributed by atoms with van der Waals surface area (Å²) in [4.78, 5) is 11.2. The summed E-state index contributed by atoms with van der Waals surface area (Å²) in [5.41, 5.74) is -0.125. The molecule has 0 radical (unpaired) electrons. The molecule has 0 aliphatic rings. The van der Waals surface area contributed by atoms with Crippen LogP contribution in [0.2, 0.25) is 0 Å². The summed E-state index contributed by atoms with van der Waals surface area (Å²) >= 11 is 1.21. The minimum absolute atomic E-state index is 0.0810. The van der Waals surface area contributed by atoms with Gasteiger partial charge in [0.05, 0.1) is 12.2 Å². The standard InChI is InChI=1S/C9H15NO2S/c1-9(2,3)12-6-4-10-5-7-13-8(10)11/h5,7H,4,6H2,1-3H3. The summed E-state index contributed by atoms with van der Waals surface area (Å²) in [6.07, 6.45) is 1.79. The second-order valence-corrected chi connectivity index (χ2v) is 4.68. The van der Waals surface area contributed by atoms with Crippen molar-refractivity contribution >= 4 is 11.3 Å². The molecule has 1 heterocycles. The smallest absolute Gasteiger partial charge is 0.307 e. The van der Waals surface area contributed by atoms with Gasteiger partial charge in [0.15, 0.2) is 0 Å². The summed E-state index contributed by atoms with van der Waals surface area (Å²) in [7, 11) is 0. The number of nitrogens with zero attached hydrogens (tertiary/aromatic N) is 1. The zero-order valence-corrected chi connectivity index (χ0v) is 9.06. The molecule has 0 unspecified atom stereocenters. The third kappa shape index (κ3) is 3.74. The van der Waals surface area contributed by atoms with Crippen molar-refractivity contribution < 1.29 is 4.74 Å². The van der Waals surface area contributed by atoms with Crippen LogP contribution in [0.25, 0.3) is 0 Å². The van der Waals surface area contributed by atoms with Crippen molar-refractivity contribution in [1.29, 1.82) is 0 Å². The summed E-state index contributed by atoms with van der Waals surface area (Å²) in [6, 6.07) is 0. The van der Waals surface area contributed by atoms with Crippen LogP contribution in [0.15, 0.2) is 16.4 Å². The Balaban J connectivity index is 2.37. The SMILES string of the molecule is CC(C)(C)OCCn1ccsc1=O. The van der Waals surface area contributed by atoms with E-state index in [1.807, 2.05) is 20.8 Å². The Labute approximate surface area is 82.0 Å². The van der Waals surface area contributed by atoms with Gasteiger partial charge in [0.25, 0.3) is 0 Å². The van der Waals surface area contributed by atoms with Gasteiger partial charge in [0.1, 0.15) is 0 Å². The summed E-state index contributed by atoms with van der Waals surface area (Å²) in [6.45, 7) is 7.23. The van der Waals surface area contributed by atoms with Gasteiger partial charge < -0.3 is 9.30 Å². The third-order valence-corrected chi connectivity index (χ3v) is 2.21. The average Bonchev–Trinajstić information content (AvgIpc) is 2.34. The van der Waals surface area contributed by atoms with Crippen molar-refractivity contribution in [2.75, 3.05) is 6.61 Å². The summed E-state index contributed by atoms with van der Waals surface area (Å²) < 4.78 is 7.17. The molecule has 4 heteroatoms. The zero-order valence-electron chi connectivity index (χ0n) is 8.24. The number of hydrogen-bond donors (Lipinski definition) is 0. The number of rotatable bonds is 3. The van der Waals surface area contributed by atoms with E-state index in [1.165, 1.54) is 11.3 Å². The van der Waals surface area contributed by atoms with E-state index in [1.54, 1.807) is 16.1 Å². The van der Waals surface area contributed by atoms with Gasteiger partial charge in [-0.3, -0.25) is 4.79 Å². The highest BCUT2D eigenvalue weighted by atomic mass is 32.1. The van der Waals surface area contributed by atoms with Gasteiger partial charge in [0.2, 0.25) is 0 Å². The Bertz CT molecular complexity index is 308. The maximum Gasteiger partial charge on any atom is 0.307 e. The molecule has 1 aromatic rings. The molecular weight excluding hydrogens is 186 g/mol. The first kappa shape index (κ1) is 10.5. The van der Waals surface area contributed by atoms with Crippen molar-refractivity contribution in [3.63, 3.8) is 0 Å². The zero-order chi connectivity index (χ0) is 9.90. The van der Waals surface area contributed by atoms with Crippen molar-refractivity contribution in [2.45, 2.75) is 32.9 Å². The second-order valence-electron chi connectivity index (χ2n) is 3.82. The number of ether oxygens (including phenoxy) is 1. The van der Waals surface area contributed by atoms with E-state index in [0.717, 1.165) is 0 Å².